The van der Waals surface area contributed by atoms with Gasteiger partial charge < -0.3 is 24.4 Å². The van der Waals surface area contributed by atoms with Crippen LogP contribution in [0.3, 0.4) is 0 Å². The van der Waals surface area contributed by atoms with Crippen LogP contribution in [0.15, 0.2) is 34.9 Å². The van der Waals surface area contributed by atoms with Crippen LogP contribution in [-0.2, 0) is 6.54 Å². The second kappa shape index (κ2) is 10.9. The van der Waals surface area contributed by atoms with E-state index < -0.39 is 0 Å². The molecule has 0 saturated carbocycles. The first-order valence-electron chi connectivity index (χ1n) is 9.33. The molecule has 0 aliphatic rings. The third-order valence-electron chi connectivity index (χ3n) is 4.15. The van der Waals surface area contributed by atoms with Crippen molar-refractivity contribution in [2.45, 2.75) is 6.54 Å². The molecule has 29 heavy (non-hydrogen) atoms. The van der Waals surface area contributed by atoms with Crippen molar-refractivity contribution in [3.63, 3.8) is 0 Å². The molecule has 0 saturated heterocycles. The standard InChI is InChI=1S/C20H28ClN5O3/c1-24(2)10-9-22-19(27)17-14-29-18(23-17)13-26(12-11-25(3)4)20(28)15-5-7-16(21)8-6-15/h5-8,14H,9-13H2,1-4H3,(H,22,27). The Hall–Kier alpha value is -2.42. The highest BCUT2D eigenvalue weighted by atomic mass is 35.5. The lowest BCUT2D eigenvalue weighted by Crippen LogP contribution is -2.36. The summed E-state index contributed by atoms with van der Waals surface area (Å²) in [7, 11) is 7.74. The van der Waals surface area contributed by atoms with Gasteiger partial charge in [-0.3, -0.25) is 9.59 Å². The van der Waals surface area contributed by atoms with E-state index in [4.69, 9.17) is 16.0 Å². The first kappa shape index (κ1) is 22.9. The van der Waals surface area contributed by atoms with Gasteiger partial charge in [0, 0.05) is 36.8 Å². The Morgan fingerprint density at radius 2 is 1.69 bits per heavy atom. The number of likely N-dealkylation sites (N-methyl/N-ethyl adjacent to an activating group) is 2. The Labute approximate surface area is 176 Å². The number of aromatic nitrogens is 1. The molecule has 0 spiro atoms. The number of hydrogen-bond donors (Lipinski definition) is 1. The molecule has 0 aliphatic heterocycles. The van der Waals surface area contributed by atoms with Crippen molar-refractivity contribution in [3.8, 4) is 0 Å². The molecule has 0 atom stereocenters. The van der Waals surface area contributed by atoms with Gasteiger partial charge in [-0.2, -0.15) is 0 Å². The minimum absolute atomic E-state index is 0.154. The van der Waals surface area contributed by atoms with Crippen LogP contribution in [0.1, 0.15) is 26.7 Å². The van der Waals surface area contributed by atoms with Gasteiger partial charge in [-0.15, -0.1) is 0 Å². The molecule has 8 nitrogen and oxygen atoms in total. The average molecular weight is 422 g/mol. The van der Waals surface area contributed by atoms with Gasteiger partial charge in [0.1, 0.15) is 6.26 Å². The molecule has 0 radical (unpaired) electrons. The van der Waals surface area contributed by atoms with Gasteiger partial charge in [-0.05, 0) is 52.5 Å². The topological polar surface area (TPSA) is 81.9 Å². The highest BCUT2D eigenvalue weighted by molar-refractivity contribution is 6.30. The molecule has 9 heteroatoms. The number of carbonyl (C=O) groups excluding carboxylic acids is 2. The molecular formula is C20H28ClN5O3. The molecule has 0 fully saturated rings. The number of rotatable bonds is 10. The smallest absolute Gasteiger partial charge is 0.273 e. The summed E-state index contributed by atoms with van der Waals surface area (Å²) in [5.74, 6) is -0.145. The molecule has 1 aromatic heterocycles. The number of carbonyl (C=O) groups is 2. The predicted octanol–water partition coefficient (Wildman–Crippen LogP) is 1.82. The van der Waals surface area contributed by atoms with E-state index in [9.17, 15) is 9.59 Å². The van der Waals surface area contributed by atoms with Gasteiger partial charge >= 0.3 is 0 Å². The fraction of sp³-hybridized carbons (Fsp3) is 0.450. The van der Waals surface area contributed by atoms with Gasteiger partial charge in [0.25, 0.3) is 11.8 Å². The Bertz CT molecular complexity index is 805. The SMILES string of the molecule is CN(C)CCNC(=O)c1coc(CN(CCN(C)C)C(=O)c2ccc(Cl)cc2)n1. The maximum Gasteiger partial charge on any atom is 0.273 e. The molecule has 2 aromatic rings. The number of halogens is 1. The fourth-order valence-electron chi connectivity index (χ4n) is 2.48. The Kier molecular flexibility index (Phi) is 8.63. The first-order chi connectivity index (χ1) is 13.8. The summed E-state index contributed by atoms with van der Waals surface area (Å²) in [4.78, 5) is 35.0. The molecule has 1 N–H and O–H groups in total. The lowest BCUT2D eigenvalue weighted by molar-refractivity contribution is 0.0716. The van der Waals surface area contributed by atoms with Gasteiger partial charge in [0.2, 0.25) is 5.89 Å². The van der Waals surface area contributed by atoms with Crippen LogP contribution in [0.5, 0.6) is 0 Å². The number of benzene rings is 1. The molecule has 1 heterocycles. The predicted molar refractivity (Wildman–Crippen MR) is 112 cm³/mol. The lowest BCUT2D eigenvalue weighted by atomic mass is 10.2. The molecule has 0 unspecified atom stereocenters. The van der Waals surface area contributed by atoms with E-state index in [1.165, 1.54) is 6.26 Å². The summed E-state index contributed by atoms with van der Waals surface area (Å²) in [6.07, 6.45) is 1.32. The van der Waals surface area contributed by atoms with Crippen molar-refractivity contribution in [1.82, 2.24) is 25.0 Å². The van der Waals surface area contributed by atoms with Crippen molar-refractivity contribution < 1.29 is 14.0 Å². The van der Waals surface area contributed by atoms with Crippen molar-refractivity contribution in [1.29, 1.82) is 0 Å². The highest BCUT2D eigenvalue weighted by Gasteiger charge is 2.20. The van der Waals surface area contributed by atoms with Gasteiger partial charge in [0.15, 0.2) is 5.69 Å². The summed E-state index contributed by atoms with van der Waals surface area (Å²) in [6.45, 7) is 2.57. The van der Waals surface area contributed by atoms with Crippen molar-refractivity contribution in [2.75, 3.05) is 54.4 Å². The van der Waals surface area contributed by atoms with E-state index in [0.717, 1.165) is 6.54 Å². The van der Waals surface area contributed by atoms with Gasteiger partial charge in [-0.1, -0.05) is 11.6 Å². The average Bonchev–Trinajstić information content (AvgIpc) is 3.13. The number of amides is 2. The van der Waals surface area contributed by atoms with Crippen molar-refractivity contribution in [3.05, 3.63) is 52.7 Å². The lowest BCUT2D eigenvalue weighted by Gasteiger charge is -2.23. The zero-order valence-corrected chi connectivity index (χ0v) is 18.1. The van der Waals surface area contributed by atoms with Gasteiger partial charge in [0.05, 0.1) is 6.54 Å². The van der Waals surface area contributed by atoms with Gasteiger partial charge in [-0.25, -0.2) is 4.98 Å². The number of hydrogen-bond acceptors (Lipinski definition) is 6. The normalized spacial score (nSPS) is 11.1. The van der Waals surface area contributed by atoms with E-state index in [-0.39, 0.29) is 24.1 Å². The summed E-state index contributed by atoms with van der Waals surface area (Å²) < 4.78 is 5.44. The summed E-state index contributed by atoms with van der Waals surface area (Å²) in [6, 6.07) is 6.74. The Morgan fingerprint density at radius 1 is 1.03 bits per heavy atom. The van der Waals surface area contributed by atoms with E-state index in [1.807, 2.05) is 38.0 Å². The zero-order chi connectivity index (χ0) is 21.4. The number of oxazole rings is 1. The third-order valence-corrected chi connectivity index (χ3v) is 4.40. The quantitative estimate of drug-likeness (QED) is 0.630. The maximum absolute atomic E-state index is 12.9. The highest BCUT2D eigenvalue weighted by Crippen LogP contribution is 2.14. The summed E-state index contributed by atoms with van der Waals surface area (Å²) in [5.41, 5.74) is 0.728. The minimum atomic E-state index is -0.300. The summed E-state index contributed by atoms with van der Waals surface area (Å²) >= 11 is 5.92. The van der Waals surface area contributed by atoms with Crippen LogP contribution < -0.4 is 5.32 Å². The van der Waals surface area contributed by atoms with Crippen molar-refractivity contribution >= 4 is 23.4 Å². The Balaban J connectivity index is 2.06. The third kappa shape index (κ3) is 7.49. The van der Waals surface area contributed by atoms with Crippen LogP contribution in [0.25, 0.3) is 0 Å². The molecular weight excluding hydrogens is 394 g/mol. The summed E-state index contributed by atoms with van der Waals surface area (Å²) in [5, 5.41) is 3.36. The number of nitrogens with one attached hydrogen (secondary N) is 1. The van der Waals surface area contributed by atoms with E-state index in [0.29, 0.717) is 36.1 Å². The van der Waals surface area contributed by atoms with Crippen LogP contribution in [0.2, 0.25) is 5.02 Å². The minimum Gasteiger partial charge on any atom is -0.446 e. The molecule has 2 rings (SSSR count). The van der Waals surface area contributed by atoms with Crippen molar-refractivity contribution in [2.24, 2.45) is 0 Å². The van der Waals surface area contributed by atoms with E-state index in [1.54, 1.807) is 29.2 Å². The first-order valence-corrected chi connectivity index (χ1v) is 9.71. The van der Waals surface area contributed by atoms with E-state index >= 15 is 0 Å². The zero-order valence-electron chi connectivity index (χ0n) is 17.3. The second-order valence-electron chi connectivity index (χ2n) is 7.22. The molecule has 1 aromatic carbocycles. The number of nitrogens with zero attached hydrogens (tertiary/aromatic N) is 4. The monoisotopic (exact) mass is 421 g/mol. The Morgan fingerprint density at radius 3 is 2.31 bits per heavy atom. The van der Waals surface area contributed by atoms with Crippen LogP contribution >= 0.6 is 11.6 Å². The molecule has 158 valence electrons. The van der Waals surface area contributed by atoms with Crippen LogP contribution in [0, 0.1) is 0 Å². The largest absolute Gasteiger partial charge is 0.446 e. The molecule has 2 amide bonds. The maximum atomic E-state index is 12.9. The molecule has 0 aliphatic carbocycles. The van der Waals surface area contributed by atoms with Crippen LogP contribution in [0.4, 0.5) is 0 Å². The molecule has 0 bridgehead atoms. The van der Waals surface area contributed by atoms with E-state index in [2.05, 4.69) is 10.3 Å². The second-order valence-corrected chi connectivity index (χ2v) is 7.66. The fourth-order valence-corrected chi connectivity index (χ4v) is 2.61. The van der Waals surface area contributed by atoms with Crippen LogP contribution in [-0.4, -0.2) is 85.9 Å².